The second-order valence-electron chi connectivity index (χ2n) is 7.43. The van der Waals surface area contributed by atoms with Gasteiger partial charge in [0.1, 0.15) is 12.1 Å². The minimum Gasteiger partial charge on any atom is -0.472 e. The highest BCUT2D eigenvalue weighted by atomic mass is 19.4. The van der Waals surface area contributed by atoms with E-state index < -0.39 is 23.9 Å². The smallest absolute Gasteiger partial charge is 0.419 e. The van der Waals surface area contributed by atoms with E-state index in [1.165, 1.54) is 30.9 Å². The van der Waals surface area contributed by atoms with Gasteiger partial charge in [0, 0.05) is 19.3 Å². The number of fused-ring (bicyclic) bond motifs is 1. The monoisotopic (exact) mass is 395 g/mol. The second-order valence-corrected chi connectivity index (χ2v) is 7.43. The number of hydrogen-bond acceptors (Lipinski definition) is 5. The summed E-state index contributed by atoms with van der Waals surface area (Å²) in [5.74, 6) is -0.283. The molecule has 9 heteroatoms. The number of nitrogens with zero attached hydrogens (tertiary/aromatic N) is 2. The predicted molar refractivity (Wildman–Crippen MR) is 93.6 cm³/mol. The first-order chi connectivity index (χ1) is 13.3. The number of carbonyl (C=O) groups excluding carboxylic acids is 1. The number of aliphatic hydroxyl groups excluding tert-OH is 1. The lowest BCUT2D eigenvalue weighted by Gasteiger charge is -2.35. The molecule has 0 unspecified atom stereocenters. The summed E-state index contributed by atoms with van der Waals surface area (Å²) >= 11 is 0. The largest absolute Gasteiger partial charge is 0.472 e. The molecule has 28 heavy (non-hydrogen) atoms. The molecular formula is C19H20F3N3O3. The molecule has 2 aromatic heterocycles. The first-order valence-electron chi connectivity index (χ1n) is 9.11. The van der Waals surface area contributed by atoms with E-state index in [9.17, 15) is 23.1 Å². The maximum absolute atomic E-state index is 13.3. The number of pyridine rings is 1. The Bertz CT molecular complexity index is 840. The molecule has 4 rings (SSSR count). The summed E-state index contributed by atoms with van der Waals surface area (Å²) in [6.07, 6.45) is -0.228. The Balaban J connectivity index is 1.47. The Morgan fingerprint density at radius 3 is 2.68 bits per heavy atom. The van der Waals surface area contributed by atoms with Crippen molar-refractivity contribution in [2.24, 2.45) is 11.8 Å². The van der Waals surface area contributed by atoms with Crippen molar-refractivity contribution in [2.45, 2.75) is 31.2 Å². The molecule has 0 spiro atoms. The van der Waals surface area contributed by atoms with Crippen molar-refractivity contribution >= 4 is 11.7 Å². The average molecular weight is 395 g/mol. The van der Waals surface area contributed by atoms with Crippen molar-refractivity contribution in [3.63, 3.8) is 0 Å². The van der Waals surface area contributed by atoms with Crippen molar-refractivity contribution in [3.8, 4) is 0 Å². The first kappa shape index (κ1) is 18.8. The minimum absolute atomic E-state index is 0.0557. The van der Waals surface area contributed by atoms with E-state index in [1.807, 2.05) is 0 Å². The van der Waals surface area contributed by atoms with Gasteiger partial charge in [-0.15, -0.1) is 0 Å². The highest BCUT2D eigenvalue weighted by Gasteiger charge is 2.44. The van der Waals surface area contributed by atoms with Crippen LogP contribution in [0.1, 0.15) is 28.8 Å². The number of furan rings is 1. The van der Waals surface area contributed by atoms with Crippen molar-refractivity contribution < 1.29 is 27.5 Å². The van der Waals surface area contributed by atoms with Crippen LogP contribution < -0.4 is 10.2 Å². The van der Waals surface area contributed by atoms with E-state index in [0.29, 0.717) is 31.5 Å². The number of anilines is 1. The van der Waals surface area contributed by atoms with Gasteiger partial charge in [-0.1, -0.05) is 0 Å². The molecule has 4 atom stereocenters. The van der Waals surface area contributed by atoms with E-state index in [4.69, 9.17) is 4.42 Å². The van der Waals surface area contributed by atoms with Crippen molar-refractivity contribution in [2.75, 3.05) is 18.0 Å². The van der Waals surface area contributed by atoms with Crippen LogP contribution in [0.15, 0.2) is 41.3 Å². The third kappa shape index (κ3) is 3.58. The summed E-state index contributed by atoms with van der Waals surface area (Å²) in [5.41, 5.74) is -0.385. The van der Waals surface area contributed by atoms with Gasteiger partial charge in [0.2, 0.25) is 0 Å². The van der Waals surface area contributed by atoms with Gasteiger partial charge in [-0.3, -0.25) is 4.79 Å². The molecule has 2 fully saturated rings. The van der Waals surface area contributed by atoms with Gasteiger partial charge in [0.25, 0.3) is 5.91 Å². The third-order valence-corrected chi connectivity index (χ3v) is 5.63. The standard InChI is InChI=1S/C19H20F3N3O3/c20-19(21,22)14-2-1-4-23-17(14)25-8-12-6-15(16(26)7-13(12)9-25)24-18(27)11-3-5-28-10-11/h1-5,10,12-13,15-16,26H,6-9H2,(H,24,27)/t12-,13+,15-,16-/m0/s1. The molecule has 1 saturated carbocycles. The molecule has 2 aliphatic rings. The topological polar surface area (TPSA) is 78.6 Å². The molecule has 1 aliphatic carbocycles. The Morgan fingerprint density at radius 2 is 2.00 bits per heavy atom. The van der Waals surface area contributed by atoms with E-state index in [-0.39, 0.29) is 23.6 Å². The SMILES string of the molecule is O=C(N[C@H]1C[C@H]2CN(c3ncccc3C(F)(F)F)C[C@H]2C[C@@H]1O)c1ccoc1. The van der Waals surface area contributed by atoms with Gasteiger partial charge in [-0.05, 0) is 42.9 Å². The Labute approximate surface area is 159 Å². The first-order valence-corrected chi connectivity index (χ1v) is 9.11. The zero-order chi connectivity index (χ0) is 19.9. The number of amides is 1. The number of aromatic nitrogens is 1. The van der Waals surface area contributed by atoms with Gasteiger partial charge < -0.3 is 19.7 Å². The van der Waals surface area contributed by atoms with Crippen LogP contribution in [0.25, 0.3) is 0 Å². The lowest BCUT2D eigenvalue weighted by atomic mass is 9.77. The summed E-state index contributed by atoms with van der Waals surface area (Å²) in [4.78, 5) is 17.8. The van der Waals surface area contributed by atoms with Crippen LogP contribution in [0.5, 0.6) is 0 Å². The molecule has 0 radical (unpaired) electrons. The van der Waals surface area contributed by atoms with Crippen molar-refractivity contribution in [1.29, 1.82) is 0 Å². The molecule has 3 heterocycles. The summed E-state index contributed by atoms with van der Waals surface area (Å²) < 4.78 is 44.8. The van der Waals surface area contributed by atoms with Crippen molar-refractivity contribution in [3.05, 3.63) is 48.0 Å². The van der Waals surface area contributed by atoms with Crippen LogP contribution in [0.3, 0.4) is 0 Å². The van der Waals surface area contributed by atoms with Crippen LogP contribution in [0.4, 0.5) is 19.0 Å². The maximum Gasteiger partial charge on any atom is 0.419 e. The van der Waals surface area contributed by atoms with Crippen LogP contribution >= 0.6 is 0 Å². The Kier molecular flexibility index (Phi) is 4.78. The highest BCUT2D eigenvalue weighted by Crippen LogP contribution is 2.41. The zero-order valence-electron chi connectivity index (χ0n) is 14.9. The normalized spacial score (nSPS) is 27.5. The van der Waals surface area contributed by atoms with Crippen LogP contribution in [-0.4, -0.2) is 41.2 Å². The van der Waals surface area contributed by atoms with E-state index in [2.05, 4.69) is 10.3 Å². The predicted octanol–water partition coefficient (Wildman–Crippen LogP) is 2.70. The molecule has 0 aromatic carbocycles. The number of aliphatic hydroxyl groups is 1. The zero-order valence-corrected chi connectivity index (χ0v) is 14.9. The lowest BCUT2D eigenvalue weighted by Crippen LogP contribution is -2.49. The van der Waals surface area contributed by atoms with Gasteiger partial charge >= 0.3 is 6.18 Å². The second kappa shape index (κ2) is 7.12. The fourth-order valence-corrected chi connectivity index (χ4v) is 4.27. The van der Waals surface area contributed by atoms with Crippen LogP contribution in [-0.2, 0) is 6.18 Å². The number of alkyl halides is 3. The van der Waals surface area contributed by atoms with Crippen LogP contribution in [0, 0.1) is 11.8 Å². The highest BCUT2D eigenvalue weighted by molar-refractivity contribution is 5.94. The Hall–Kier alpha value is -2.55. The van der Waals surface area contributed by atoms with Gasteiger partial charge in [0.05, 0.1) is 29.5 Å². The number of carbonyl (C=O) groups is 1. The average Bonchev–Trinajstić information content (AvgIpc) is 3.31. The van der Waals surface area contributed by atoms with Crippen molar-refractivity contribution in [1.82, 2.24) is 10.3 Å². The van der Waals surface area contributed by atoms with E-state index >= 15 is 0 Å². The number of halogens is 3. The number of hydrogen-bond donors (Lipinski definition) is 2. The summed E-state index contributed by atoms with van der Waals surface area (Å²) in [5, 5.41) is 13.3. The minimum atomic E-state index is -4.47. The van der Waals surface area contributed by atoms with Gasteiger partial charge in [-0.25, -0.2) is 4.98 Å². The summed E-state index contributed by atoms with van der Waals surface area (Å²) in [7, 11) is 0. The lowest BCUT2D eigenvalue weighted by molar-refractivity contribution is -0.137. The fourth-order valence-electron chi connectivity index (χ4n) is 4.27. The molecule has 0 bridgehead atoms. The molecule has 1 saturated heterocycles. The molecule has 1 amide bonds. The third-order valence-electron chi connectivity index (χ3n) is 5.63. The molecular weight excluding hydrogens is 375 g/mol. The number of nitrogens with one attached hydrogen (secondary N) is 1. The maximum atomic E-state index is 13.3. The van der Waals surface area contributed by atoms with Crippen LogP contribution in [0.2, 0.25) is 0 Å². The molecule has 2 aromatic rings. The van der Waals surface area contributed by atoms with Gasteiger partial charge in [0.15, 0.2) is 0 Å². The van der Waals surface area contributed by atoms with Gasteiger partial charge in [-0.2, -0.15) is 13.2 Å². The van der Waals surface area contributed by atoms with E-state index in [1.54, 1.807) is 4.90 Å². The molecule has 150 valence electrons. The molecule has 1 aliphatic heterocycles. The Morgan fingerprint density at radius 1 is 1.25 bits per heavy atom. The molecule has 2 N–H and O–H groups in total. The molecule has 6 nitrogen and oxygen atoms in total. The number of rotatable bonds is 3. The quantitative estimate of drug-likeness (QED) is 0.836. The summed E-state index contributed by atoms with van der Waals surface area (Å²) in [6, 6.07) is 3.40. The van der Waals surface area contributed by atoms with E-state index in [0.717, 1.165) is 6.07 Å². The fraction of sp³-hybridized carbons (Fsp3) is 0.474. The summed E-state index contributed by atoms with van der Waals surface area (Å²) in [6.45, 7) is 0.819.